The van der Waals surface area contributed by atoms with Crippen LogP contribution in [0.4, 0.5) is 0 Å². The van der Waals surface area contributed by atoms with E-state index in [0.717, 1.165) is 0 Å². The van der Waals surface area contributed by atoms with Crippen molar-refractivity contribution in [1.82, 2.24) is 5.32 Å². The van der Waals surface area contributed by atoms with E-state index < -0.39 is 0 Å². The number of amides is 1. The maximum atomic E-state index is 11.6. The maximum Gasteiger partial charge on any atom is 0.257 e. The van der Waals surface area contributed by atoms with Gasteiger partial charge in [-0.1, -0.05) is 19.9 Å². The zero-order chi connectivity index (χ0) is 14.3. The molecule has 0 aliphatic heterocycles. The molecule has 104 valence electrons. The van der Waals surface area contributed by atoms with Gasteiger partial charge in [-0.25, -0.2) is 0 Å². The molecule has 0 heterocycles. The van der Waals surface area contributed by atoms with E-state index in [9.17, 15) is 9.59 Å². The minimum absolute atomic E-state index is 0.145. The average Bonchev–Trinajstić information content (AvgIpc) is 2.42. The van der Waals surface area contributed by atoms with Gasteiger partial charge in [0.25, 0.3) is 5.91 Å². The highest BCUT2D eigenvalue weighted by molar-refractivity contribution is 5.82. The lowest BCUT2D eigenvalue weighted by Crippen LogP contribution is -2.31. The van der Waals surface area contributed by atoms with Crippen molar-refractivity contribution in [2.45, 2.75) is 13.8 Å². The molecule has 0 saturated carbocycles. The smallest absolute Gasteiger partial charge is 0.257 e. The van der Waals surface area contributed by atoms with E-state index >= 15 is 0 Å². The second-order valence-electron chi connectivity index (χ2n) is 4.48. The van der Waals surface area contributed by atoms with Gasteiger partial charge >= 0.3 is 0 Å². The van der Waals surface area contributed by atoms with Crippen molar-refractivity contribution in [1.29, 1.82) is 0 Å². The lowest BCUT2D eigenvalue weighted by molar-refractivity contribution is -0.123. The molecular formula is C14H19NO4. The third-order valence-electron chi connectivity index (χ3n) is 2.41. The molecule has 1 aromatic carbocycles. The first-order valence-electron chi connectivity index (χ1n) is 6.10. The highest BCUT2D eigenvalue weighted by Crippen LogP contribution is 2.29. The van der Waals surface area contributed by atoms with Crippen molar-refractivity contribution in [2.24, 2.45) is 5.92 Å². The number of hydrogen-bond acceptors (Lipinski definition) is 4. The number of hydrogen-bond donors (Lipinski definition) is 1. The van der Waals surface area contributed by atoms with Crippen LogP contribution < -0.4 is 14.8 Å². The molecule has 5 heteroatoms. The number of methoxy groups -OCH3 is 1. The Morgan fingerprint density at radius 2 is 2.16 bits per heavy atom. The van der Waals surface area contributed by atoms with Crippen LogP contribution in [-0.2, 0) is 4.79 Å². The Kier molecular flexibility index (Phi) is 5.85. The highest BCUT2D eigenvalue weighted by atomic mass is 16.5. The molecule has 0 fully saturated rings. The standard InChI is InChI=1S/C14H19NO4/c1-10(2)7-15-13(17)9-19-14-11(8-16)5-4-6-12(14)18-3/h4-6,8,10H,7,9H2,1-3H3,(H,15,17). The number of rotatable bonds is 7. The predicted octanol–water partition coefficient (Wildman–Crippen LogP) is 1.66. The van der Waals surface area contributed by atoms with Gasteiger partial charge in [0.15, 0.2) is 24.4 Å². The molecule has 19 heavy (non-hydrogen) atoms. The van der Waals surface area contributed by atoms with Crippen LogP contribution in [0, 0.1) is 5.92 Å². The second-order valence-corrected chi connectivity index (χ2v) is 4.48. The lowest BCUT2D eigenvalue weighted by Gasteiger charge is -2.13. The van der Waals surface area contributed by atoms with Crippen molar-refractivity contribution in [2.75, 3.05) is 20.3 Å². The van der Waals surface area contributed by atoms with Crippen molar-refractivity contribution >= 4 is 12.2 Å². The first-order valence-corrected chi connectivity index (χ1v) is 6.10. The first-order chi connectivity index (χ1) is 9.08. The number of carbonyl (C=O) groups is 2. The summed E-state index contributed by atoms with van der Waals surface area (Å²) in [4.78, 5) is 22.5. The number of para-hydroxylation sites is 1. The Morgan fingerprint density at radius 3 is 2.74 bits per heavy atom. The Labute approximate surface area is 112 Å². The van der Waals surface area contributed by atoms with Crippen molar-refractivity contribution in [3.8, 4) is 11.5 Å². The van der Waals surface area contributed by atoms with Gasteiger partial charge in [-0.05, 0) is 18.1 Å². The highest BCUT2D eigenvalue weighted by Gasteiger charge is 2.12. The van der Waals surface area contributed by atoms with E-state index in [1.165, 1.54) is 7.11 Å². The average molecular weight is 265 g/mol. The molecule has 0 unspecified atom stereocenters. The number of nitrogens with one attached hydrogen (secondary N) is 1. The summed E-state index contributed by atoms with van der Waals surface area (Å²) in [6, 6.07) is 4.97. The van der Waals surface area contributed by atoms with Crippen molar-refractivity contribution < 1.29 is 19.1 Å². The van der Waals surface area contributed by atoms with Gasteiger partial charge < -0.3 is 14.8 Å². The monoisotopic (exact) mass is 265 g/mol. The van der Waals surface area contributed by atoms with Gasteiger partial charge in [0.2, 0.25) is 0 Å². The molecule has 0 aliphatic carbocycles. The molecule has 0 aliphatic rings. The molecule has 1 rings (SSSR count). The van der Waals surface area contributed by atoms with Crippen molar-refractivity contribution in [3.05, 3.63) is 23.8 Å². The molecular weight excluding hydrogens is 246 g/mol. The number of ether oxygens (including phenoxy) is 2. The summed E-state index contributed by atoms with van der Waals surface area (Å²) >= 11 is 0. The zero-order valence-corrected chi connectivity index (χ0v) is 11.4. The van der Waals surface area contributed by atoms with Gasteiger partial charge in [-0.3, -0.25) is 9.59 Å². The molecule has 0 spiro atoms. The van der Waals surface area contributed by atoms with E-state index in [-0.39, 0.29) is 12.5 Å². The lowest BCUT2D eigenvalue weighted by atomic mass is 10.2. The predicted molar refractivity (Wildman–Crippen MR) is 71.7 cm³/mol. The van der Waals surface area contributed by atoms with Crippen LogP contribution in [0.15, 0.2) is 18.2 Å². The first kappa shape index (κ1) is 15.0. The molecule has 0 radical (unpaired) electrons. The van der Waals surface area contributed by atoms with E-state index in [1.807, 2.05) is 13.8 Å². The number of aldehydes is 1. The van der Waals surface area contributed by atoms with Gasteiger partial charge in [0.1, 0.15) is 0 Å². The molecule has 1 aromatic rings. The second kappa shape index (κ2) is 7.41. The normalized spacial score (nSPS) is 10.1. The van der Waals surface area contributed by atoms with Crippen molar-refractivity contribution in [3.63, 3.8) is 0 Å². The third-order valence-corrected chi connectivity index (χ3v) is 2.41. The topological polar surface area (TPSA) is 64.6 Å². The summed E-state index contributed by atoms with van der Waals surface area (Å²) < 4.78 is 10.5. The summed E-state index contributed by atoms with van der Waals surface area (Å²) in [5, 5.41) is 2.73. The van der Waals surface area contributed by atoms with E-state index in [4.69, 9.17) is 9.47 Å². The van der Waals surface area contributed by atoms with Crippen LogP contribution in [0.5, 0.6) is 11.5 Å². The molecule has 1 amide bonds. The fraction of sp³-hybridized carbons (Fsp3) is 0.429. The molecule has 0 saturated heterocycles. The number of benzene rings is 1. The van der Waals surface area contributed by atoms with Gasteiger partial charge in [0, 0.05) is 6.54 Å². The van der Waals surface area contributed by atoms with Gasteiger partial charge in [0.05, 0.1) is 12.7 Å². The maximum absolute atomic E-state index is 11.6. The summed E-state index contributed by atoms with van der Waals surface area (Å²) in [7, 11) is 1.48. The van der Waals surface area contributed by atoms with Gasteiger partial charge in [-0.2, -0.15) is 0 Å². The van der Waals surface area contributed by atoms with E-state index in [1.54, 1.807) is 18.2 Å². The van der Waals surface area contributed by atoms with Crippen LogP contribution in [0.25, 0.3) is 0 Å². The van der Waals surface area contributed by atoms with Crippen LogP contribution >= 0.6 is 0 Å². The fourth-order valence-electron chi connectivity index (χ4n) is 1.45. The largest absolute Gasteiger partial charge is 0.493 e. The molecule has 5 nitrogen and oxygen atoms in total. The minimum atomic E-state index is -0.226. The molecule has 0 atom stereocenters. The summed E-state index contributed by atoms with van der Waals surface area (Å²) in [6.07, 6.45) is 0.671. The summed E-state index contributed by atoms with van der Waals surface area (Å²) in [5.41, 5.74) is 0.357. The Bertz CT molecular complexity index is 443. The summed E-state index contributed by atoms with van der Waals surface area (Å²) in [6.45, 7) is 4.46. The van der Waals surface area contributed by atoms with E-state index in [2.05, 4.69) is 5.32 Å². The van der Waals surface area contributed by atoms with Gasteiger partial charge in [-0.15, -0.1) is 0 Å². The minimum Gasteiger partial charge on any atom is -0.493 e. The SMILES string of the molecule is COc1cccc(C=O)c1OCC(=O)NCC(C)C. The van der Waals surface area contributed by atoms with Crippen LogP contribution in [0.3, 0.4) is 0 Å². The number of carbonyl (C=O) groups excluding carboxylic acids is 2. The third kappa shape index (κ3) is 4.62. The fourth-order valence-corrected chi connectivity index (χ4v) is 1.45. The zero-order valence-electron chi connectivity index (χ0n) is 11.4. The molecule has 0 bridgehead atoms. The van der Waals surface area contributed by atoms with Crippen LogP contribution in [0.2, 0.25) is 0 Å². The molecule has 1 N–H and O–H groups in total. The summed E-state index contributed by atoms with van der Waals surface area (Å²) in [5.74, 6) is 0.873. The quantitative estimate of drug-likeness (QED) is 0.761. The Hall–Kier alpha value is -2.04. The Morgan fingerprint density at radius 1 is 1.42 bits per heavy atom. The Balaban J connectivity index is 2.66. The van der Waals surface area contributed by atoms with E-state index in [0.29, 0.717) is 35.8 Å². The van der Waals surface area contributed by atoms with Crippen LogP contribution in [0.1, 0.15) is 24.2 Å². The molecule has 0 aromatic heterocycles. The van der Waals surface area contributed by atoms with Crippen LogP contribution in [-0.4, -0.2) is 32.5 Å².